The zero-order valence-electron chi connectivity index (χ0n) is 9.82. The summed E-state index contributed by atoms with van der Waals surface area (Å²) in [6, 6.07) is 0.123. The van der Waals surface area contributed by atoms with Crippen LogP contribution in [0.5, 0.6) is 0 Å². The van der Waals surface area contributed by atoms with Crippen molar-refractivity contribution < 1.29 is 10.3 Å². The smallest absolute Gasteiger partial charge is 0.140 e. The largest absolute Gasteiger partial charge is 0.409 e. The van der Waals surface area contributed by atoms with Crippen LogP contribution in [0.1, 0.15) is 40.0 Å². The average Bonchev–Trinajstić information content (AvgIpc) is 2.17. The lowest BCUT2D eigenvalue weighted by Crippen LogP contribution is -2.48. The third kappa shape index (κ3) is 5.59. The molecule has 0 spiro atoms. The van der Waals surface area contributed by atoms with Crippen LogP contribution >= 0.6 is 0 Å². The van der Waals surface area contributed by atoms with Gasteiger partial charge in [-0.25, -0.2) is 0 Å². The van der Waals surface area contributed by atoms with Gasteiger partial charge in [0.15, 0.2) is 0 Å². The molecule has 0 aromatic rings. The van der Waals surface area contributed by atoms with Crippen molar-refractivity contribution in [1.29, 1.82) is 0 Å². The second-order valence-corrected chi connectivity index (χ2v) is 4.23. The molecule has 0 aliphatic heterocycles. The zero-order chi connectivity index (χ0) is 11.9. The average molecular weight is 217 g/mol. The lowest BCUT2D eigenvalue weighted by Gasteiger charge is -2.32. The SMILES string of the molecule is CCC(C)(CCO)NC(C)CC(N)=NO. The Labute approximate surface area is 91.4 Å². The number of aliphatic hydroxyl groups excluding tert-OH is 1. The van der Waals surface area contributed by atoms with E-state index in [4.69, 9.17) is 16.0 Å². The van der Waals surface area contributed by atoms with Gasteiger partial charge in [-0.05, 0) is 26.7 Å². The maximum Gasteiger partial charge on any atom is 0.140 e. The molecule has 0 heterocycles. The summed E-state index contributed by atoms with van der Waals surface area (Å²) in [5, 5.41) is 23.7. The predicted molar refractivity (Wildman–Crippen MR) is 61.0 cm³/mol. The molecule has 5 nitrogen and oxygen atoms in total. The number of aliphatic hydroxyl groups is 1. The lowest BCUT2D eigenvalue weighted by atomic mass is 9.93. The summed E-state index contributed by atoms with van der Waals surface area (Å²) < 4.78 is 0. The molecule has 0 aromatic carbocycles. The maximum absolute atomic E-state index is 8.95. The Morgan fingerprint density at radius 1 is 1.60 bits per heavy atom. The Hall–Kier alpha value is -0.810. The van der Waals surface area contributed by atoms with Crippen molar-refractivity contribution >= 4 is 5.84 Å². The molecule has 0 rings (SSSR count). The number of rotatable bonds is 7. The highest BCUT2D eigenvalue weighted by atomic mass is 16.4. The van der Waals surface area contributed by atoms with Crippen LogP contribution in [-0.2, 0) is 0 Å². The van der Waals surface area contributed by atoms with Gasteiger partial charge in [-0.15, -0.1) is 0 Å². The summed E-state index contributed by atoms with van der Waals surface area (Å²) in [5.74, 6) is 0.220. The molecular weight excluding hydrogens is 194 g/mol. The maximum atomic E-state index is 8.95. The summed E-state index contributed by atoms with van der Waals surface area (Å²) in [6.07, 6.45) is 2.12. The van der Waals surface area contributed by atoms with Crippen molar-refractivity contribution in [2.75, 3.05) is 6.61 Å². The zero-order valence-corrected chi connectivity index (χ0v) is 9.82. The Morgan fingerprint density at radius 3 is 2.60 bits per heavy atom. The minimum Gasteiger partial charge on any atom is -0.409 e. The van der Waals surface area contributed by atoms with E-state index in [1.165, 1.54) is 0 Å². The van der Waals surface area contributed by atoms with Gasteiger partial charge in [-0.3, -0.25) is 0 Å². The summed E-state index contributed by atoms with van der Waals surface area (Å²) >= 11 is 0. The molecule has 0 saturated carbocycles. The summed E-state index contributed by atoms with van der Waals surface area (Å²) in [5.41, 5.74) is 5.33. The van der Waals surface area contributed by atoms with Crippen molar-refractivity contribution in [1.82, 2.24) is 5.32 Å². The Bertz CT molecular complexity index is 209. The Morgan fingerprint density at radius 2 is 2.20 bits per heavy atom. The second kappa shape index (κ2) is 6.63. The predicted octanol–water partition coefficient (Wildman–Crippen LogP) is 0.652. The van der Waals surface area contributed by atoms with E-state index >= 15 is 0 Å². The second-order valence-electron chi connectivity index (χ2n) is 4.23. The molecule has 0 fully saturated rings. The molecule has 90 valence electrons. The van der Waals surface area contributed by atoms with Gasteiger partial charge in [0.25, 0.3) is 0 Å². The highest BCUT2D eigenvalue weighted by Crippen LogP contribution is 2.15. The first kappa shape index (κ1) is 14.2. The molecule has 5 N–H and O–H groups in total. The normalized spacial score (nSPS) is 18.5. The summed E-state index contributed by atoms with van der Waals surface area (Å²) in [7, 11) is 0. The summed E-state index contributed by atoms with van der Waals surface area (Å²) in [4.78, 5) is 0. The monoisotopic (exact) mass is 217 g/mol. The van der Waals surface area contributed by atoms with E-state index in [1.807, 2.05) is 6.92 Å². The number of nitrogens with one attached hydrogen (secondary N) is 1. The standard InChI is InChI=1S/C10H23N3O2/c1-4-10(3,5-6-14)12-8(2)7-9(11)13-15/h8,12,14-15H,4-7H2,1-3H3,(H2,11,13). The molecule has 5 heteroatoms. The molecule has 0 radical (unpaired) electrons. The van der Waals surface area contributed by atoms with Crippen LogP contribution < -0.4 is 11.1 Å². The Kier molecular flexibility index (Phi) is 6.27. The third-order valence-corrected chi connectivity index (χ3v) is 2.68. The van der Waals surface area contributed by atoms with Crippen LogP contribution in [-0.4, -0.2) is 34.3 Å². The number of oxime groups is 1. The molecule has 15 heavy (non-hydrogen) atoms. The van der Waals surface area contributed by atoms with Crippen molar-refractivity contribution in [2.45, 2.75) is 51.6 Å². The van der Waals surface area contributed by atoms with E-state index in [1.54, 1.807) is 0 Å². The third-order valence-electron chi connectivity index (χ3n) is 2.68. The molecular formula is C10H23N3O2. The van der Waals surface area contributed by atoms with Crippen molar-refractivity contribution in [3.63, 3.8) is 0 Å². The van der Waals surface area contributed by atoms with Crippen LogP contribution in [0.25, 0.3) is 0 Å². The van der Waals surface area contributed by atoms with Gasteiger partial charge in [0.2, 0.25) is 0 Å². The molecule has 2 atom stereocenters. The van der Waals surface area contributed by atoms with Crippen LogP contribution in [0.2, 0.25) is 0 Å². The molecule has 0 bridgehead atoms. The summed E-state index contributed by atoms with van der Waals surface area (Å²) in [6.45, 7) is 6.27. The van der Waals surface area contributed by atoms with Gasteiger partial charge in [0, 0.05) is 24.6 Å². The minimum atomic E-state index is -0.0934. The van der Waals surface area contributed by atoms with E-state index in [-0.39, 0.29) is 24.0 Å². The van der Waals surface area contributed by atoms with Gasteiger partial charge >= 0.3 is 0 Å². The van der Waals surface area contributed by atoms with Gasteiger partial charge in [-0.1, -0.05) is 12.1 Å². The molecule has 0 aromatic heterocycles. The fraction of sp³-hybridized carbons (Fsp3) is 0.900. The van der Waals surface area contributed by atoms with E-state index in [9.17, 15) is 0 Å². The number of amidine groups is 1. The lowest BCUT2D eigenvalue weighted by molar-refractivity contribution is 0.205. The highest BCUT2D eigenvalue weighted by Gasteiger charge is 2.23. The first-order chi connectivity index (χ1) is 6.97. The number of hydrogen-bond acceptors (Lipinski definition) is 4. The van der Waals surface area contributed by atoms with E-state index in [0.717, 1.165) is 6.42 Å². The topological polar surface area (TPSA) is 90.9 Å². The quantitative estimate of drug-likeness (QED) is 0.218. The fourth-order valence-electron chi connectivity index (χ4n) is 1.60. The molecule has 0 amide bonds. The van der Waals surface area contributed by atoms with Crippen LogP contribution in [0.3, 0.4) is 0 Å². The first-order valence-corrected chi connectivity index (χ1v) is 5.32. The molecule has 2 unspecified atom stereocenters. The number of nitrogens with zero attached hydrogens (tertiary/aromatic N) is 1. The molecule has 0 saturated heterocycles. The van der Waals surface area contributed by atoms with Gasteiger partial charge in [0.1, 0.15) is 5.84 Å². The van der Waals surface area contributed by atoms with E-state index < -0.39 is 0 Å². The van der Waals surface area contributed by atoms with E-state index in [2.05, 4.69) is 24.3 Å². The number of nitrogens with two attached hydrogens (primary N) is 1. The van der Waals surface area contributed by atoms with Crippen molar-refractivity contribution in [2.24, 2.45) is 10.9 Å². The Balaban J connectivity index is 4.17. The van der Waals surface area contributed by atoms with Crippen LogP contribution in [0.4, 0.5) is 0 Å². The van der Waals surface area contributed by atoms with Crippen LogP contribution in [0.15, 0.2) is 5.16 Å². The number of hydrogen-bond donors (Lipinski definition) is 4. The van der Waals surface area contributed by atoms with Crippen LogP contribution in [0, 0.1) is 0 Å². The minimum absolute atomic E-state index is 0.0934. The molecule has 0 aliphatic rings. The van der Waals surface area contributed by atoms with Gasteiger partial charge < -0.3 is 21.4 Å². The molecule has 0 aliphatic carbocycles. The van der Waals surface area contributed by atoms with Crippen molar-refractivity contribution in [3.05, 3.63) is 0 Å². The van der Waals surface area contributed by atoms with Gasteiger partial charge in [-0.2, -0.15) is 0 Å². The van der Waals surface area contributed by atoms with Crippen molar-refractivity contribution in [3.8, 4) is 0 Å². The fourth-order valence-corrected chi connectivity index (χ4v) is 1.60. The van der Waals surface area contributed by atoms with E-state index in [0.29, 0.717) is 12.8 Å². The highest BCUT2D eigenvalue weighted by molar-refractivity contribution is 5.80. The van der Waals surface area contributed by atoms with Gasteiger partial charge in [0.05, 0.1) is 0 Å². The first-order valence-electron chi connectivity index (χ1n) is 5.32.